The van der Waals surface area contributed by atoms with Gasteiger partial charge in [0.15, 0.2) is 15.7 Å². The average molecular weight is 775 g/mol. The highest BCUT2D eigenvalue weighted by atomic mass is 35.5. The lowest BCUT2D eigenvalue weighted by atomic mass is 10.00. The number of methoxy groups -OCH3 is 1. The molecule has 3 heterocycles. The number of aromatic nitrogens is 4. The standard InChI is InChI=1S/C39H43ClN6O7S/c1-24-7-8-29(37-25(2)45-53-26(37)3)21-35(24)54(48,49)20-6-16-51-18-19-52-17-15-41-36(47)23-33-39-44-43-27(4)46(39)34-14-13-31(50-5)22-32(34)38(42-33)28-9-11-30(40)12-10-28/h7-14,21-22,33H,6,15-20,23H2,1-5H3,(H,41,47)/t33-/m0/s1. The summed E-state index contributed by atoms with van der Waals surface area (Å²) in [7, 11) is -1.93. The van der Waals surface area contributed by atoms with Crippen LogP contribution in [0.1, 0.15) is 58.7 Å². The van der Waals surface area contributed by atoms with E-state index in [1.165, 1.54) is 0 Å². The van der Waals surface area contributed by atoms with Crippen LogP contribution in [-0.4, -0.2) is 85.8 Å². The van der Waals surface area contributed by atoms with Gasteiger partial charge in [-0.3, -0.25) is 14.4 Å². The Morgan fingerprint density at radius 1 is 0.926 bits per heavy atom. The smallest absolute Gasteiger partial charge is 0.222 e. The van der Waals surface area contributed by atoms with Crippen molar-refractivity contribution in [3.63, 3.8) is 0 Å². The van der Waals surface area contributed by atoms with Crippen molar-refractivity contribution >= 4 is 33.1 Å². The lowest BCUT2D eigenvalue weighted by Crippen LogP contribution is -2.29. The maximum atomic E-state index is 13.2. The topological polar surface area (TPSA) is 160 Å². The lowest BCUT2D eigenvalue weighted by molar-refractivity contribution is -0.121. The summed E-state index contributed by atoms with van der Waals surface area (Å²) >= 11 is 6.20. The van der Waals surface area contributed by atoms with E-state index in [0.717, 1.165) is 27.9 Å². The summed E-state index contributed by atoms with van der Waals surface area (Å²) < 4.78 is 50.4. The second kappa shape index (κ2) is 17.1. The van der Waals surface area contributed by atoms with Crippen molar-refractivity contribution in [2.45, 2.75) is 51.5 Å². The molecule has 13 nitrogen and oxygen atoms in total. The van der Waals surface area contributed by atoms with E-state index in [-0.39, 0.29) is 37.8 Å². The Kier molecular flexibility index (Phi) is 12.3. The first-order chi connectivity index (χ1) is 26.0. The highest BCUT2D eigenvalue weighted by molar-refractivity contribution is 7.91. The van der Waals surface area contributed by atoms with Crippen molar-refractivity contribution in [1.82, 2.24) is 25.2 Å². The molecule has 0 saturated carbocycles. The van der Waals surface area contributed by atoms with Crippen molar-refractivity contribution in [3.05, 3.63) is 105 Å². The summed E-state index contributed by atoms with van der Waals surface area (Å²) in [6, 6.07) is 17.9. The van der Waals surface area contributed by atoms with Gasteiger partial charge in [0.05, 0.1) is 61.1 Å². The summed E-state index contributed by atoms with van der Waals surface area (Å²) in [6.45, 7) is 8.70. The Bertz CT molecular complexity index is 2250. The SMILES string of the molecule is COc1ccc2c(c1)C(c1ccc(Cl)cc1)=N[C@@H](CC(=O)NCCOCCOCCCS(=O)(=O)c1cc(-c3c(C)noc3C)ccc1C)c1nnc(C)n1-2. The summed E-state index contributed by atoms with van der Waals surface area (Å²) in [5.74, 6) is 2.26. The molecule has 0 radical (unpaired) electrons. The van der Waals surface area contributed by atoms with E-state index < -0.39 is 15.9 Å². The molecule has 1 amide bonds. The number of carbonyl (C=O) groups is 1. The molecule has 54 heavy (non-hydrogen) atoms. The zero-order valence-electron chi connectivity index (χ0n) is 30.9. The normalized spacial score (nSPS) is 13.9. The van der Waals surface area contributed by atoms with Gasteiger partial charge in [-0.25, -0.2) is 8.42 Å². The Morgan fingerprint density at radius 2 is 1.67 bits per heavy atom. The molecule has 1 aliphatic rings. The molecular formula is C39H43ClN6O7S. The minimum absolute atomic E-state index is 0.0377. The molecule has 0 fully saturated rings. The molecular weight excluding hydrogens is 732 g/mol. The first kappa shape index (κ1) is 38.8. The summed E-state index contributed by atoms with van der Waals surface area (Å²) in [6.07, 6.45) is 0.374. The minimum Gasteiger partial charge on any atom is -0.497 e. The number of hydrogen-bond acceptors (Lipinski definition) is 11. The van der Waals surface area contributed by atoms with Gasteiger partial charge in [-0.1, -0.05) is 41.0 Å². The van der Waals surface area contributed by atoms with Gasteiger partial charge >= 0.3 is 0 Å². The zero-order valence-corrected chi connectivity index (χ0v) is 32.5. The predicted octanol–water partition coefficient (Wildman–Crippen LogP) is 6.11. The first-order valence-electron chi connectivity index (χ1n) is 17.6. The van der Waals surface area contributed by atoms with Gasteiger partial charge < -0.3 is 24.1 Å². The number of fused-ring (bicyclic) bond motifs is 3. The molecule has 15 heteroatoms. The van der Waals surface area contributed by atoms with Crippen molar-refractivity contribution < 1.29 is 31.9 Å². The van der Waals surface area contributed by atoms with E-state index in [4.69, 9.17) is 35.3 Å². The van der Waals surface area contributed by atoms with Gasteiger partial charge in [0.1, 0.15) is 23.4 Å². The Morgan fingerprint density at radius 3 is 2.39 bits per heavy atom. The number of nitrogens with one attached hydrogen (secondary N) is 1. The van der Waals surface area contributed by atoms with Crippen LogP contribution in [0.5, 0.6) is 5.75 Å². The lowest BCUT2D eigenvalue weighted by Gasteiger charge is -2.14. The summed E-state index contributed by atoms with van der Waals surface area (Å²) in [5.41, 5.74) is 6.12. The van der Waals surface area contributed by atoms with Crippen LogP contribution in [0, 0.1) is 27.7 Å². The number of benzene rings is 3. The number of hydrogen-bond donors (Lipinski definition) is 1. The third kappa shape index (κ3) is 8.73. The Labute approximate surface area is 319 Å². The fraction of sp³-hybridized carbons (Fsp3) is 0.359. The van der Waals surface area contributed by atoms with Crippen LogP contribution in [0.25, 0.3) is 16.8 Å². The number of aliphatic imine (C=N–C) groups is 1. The minimum atomic E-state index is -3.54. The molecule has 1 aliphatic heterocycles. The maximum Gasteiger partial charge on any atom is 0.222 e. The van der Waals surface area contributed by atoms with Gasteiger partial charge in [0.2, 0.25) is 5.91 Å². The summed E-state index contributed by atoms with van der Waals surface area (Å²) in [4.78, 5) is 18.6. The highest BCUT2D eigenvalue weighted by Gasteiger charge is 2.30. The van der Waals surface area contributed by atoms with Crippen LogP contribution >= 0.6 is 11.6 Å². The second-order valence-corrected chi connectivity index (χ2v) is 15.5. The van der Waals surface area contributed by atoms with E-state index in [1.807, 2.05) is 54.8 Å². The highest BCUT2D eigenvalue weighted by Crippen LogP contribution is 2.35. The first-order valence-corrected chi connectivity index (χ1v) is 19.6. The Hall–Kier alpha value is -4.89. The number of ether oxygens (including phenoxy) is 3. The van der Waals surface area contributed by atoms with E-state index >= 15 is 0 Å². The number of carbonyl (C=O) groups excluding carboxylic acids is 1. The number of halogens is 1. The monoisotopic (exact) mass is 774 g/mol. The van der Waals surface area contributed by atoms with Crippen molar-refractivity contribution in [3.8, 4) is 22.6 Å². The van der Waals surface area contributed by atoms with E-state index in [2.05, 4.69) is 20.7 Å². The molecule has 0 saturated heterocycles. The predicted molar refractivity (Wildman–Crippen MR) is 205 cm³/mol. The van der Waals surface area contributed by atoms with Crippen LogP contribution in [0.3, 0.4) is 0 Å². The molecule has 1 N–H and O–H groups in total. The van der Waals surface area contributed by atoms with E-state index in [0.29, 0.717) is 69.7 Å². The van der Waals surface area contributed by atoms with Crippen LogP contribution < -0.4 is 10.1 Å². The molecule has 1 atom stereocenters. The fourth-order valence-electron chi connectivity index (χ4n) is 6.46. The van der Waals surface area contributed by atoms with Gasteiger partial charge in [0, 0.05) is 34.9 Å². The number of rotatable bonds is 16. The van der Waals surface area contributed by atoms with Crippen LogP contribution in [0.2, 0.25) is 5.02 Å². The zero-order chi connectivity index (χ0) is 38.4. The van der Waals surface area contributed by atoms with Crippen molar-refractivity contribution in [2.24, 2.45) is 4.99 Å². The van der Waals surface area contributed by atoms with Crippen LogP contribution in [-0.2, 0) is 24.1 Å². The molecule has 6 rings (SSSR count). The fourth-order valence-corrected chi connectivity index (χ4v) is 8.16. The Balaban J connectivity index is 0.972. The van der Waals surface area contributed by atoms with Crippen LogP contribution in [0.15, 0.2) is 75.1 Å². The maximum absolute atomic E-state index is 13.2. The van der Waals surface area contributed by atoms with Gasteiger partial charge in [-0.15, -0.1) is 10.2 Å². The van der Waals surface area contributed by atoms with E-state index in [9.17, 15) is 13.2 Å². The molecule has 5 aromatic rings. The van der Waals surface area contributed by atoms with Crippen molar-refractivity contribution in [1.29, 1.82) is 0 Å². The molecule has 0 unspecified atom stereocenters. The quantitative estimate of drug-likeness (QED) is 0.116. The summed E-state index contributed by atoms with van der Waals surface area (Å²) in [5, 5.41) is 16.2. The van der Waals surface area contributed by atoms with E-state index in [1.54, 1.807) is 45.2 Å². The number of nitrogens with zero attached hydrogens (tertiary/aromatic N) is 5. The number of aryl methyl sites for hydroxylation is 4. The molecule has 0 aliphatic carbocycles. The molecule has 2 aromatic heterocycles. The largest absolute Gasteiger partial charge is 0.497 e. The molecule has 3 aromatic carbocycles. The number of sulfone groups is 1. The number of amides is 1. The van der Waals surface area contributed by atoms with Gasteiger partial charge in [-0.2, -0.15) is 0 Å². The third-order valence-electron chi connectivity index (χ3n) is 9.12. The van der Waals surface area contributed by atoms with Crippen molar-refractivity contribution in [2.75, 3.05) is 45.8 Å². The molecule has 0 spiro atoms. The average Bonchev–Trinajstić information content (AvgIpc) is 3.67. The van der Waals surface area contributed by atoms with Gasteiger partial charge in [-0.05, 0) is 81.6 Å². The van der Waals surface area contributed by atoms with Crippen LogP contribution in [0.4, 0.5) is 0 Å². The molecule has 284 valence electrons. The third-order valence-corrected chi connectivity index (χ3v) is 11.3. The second-order valence-electron chi connectivity index (χ2n) is 13.0. The molecule has 0 bridgehead atoms. The van der Waals surface area contributed by atoms with Gasteiger partial charge in [0.25, 0.3) is 0 Å².